The Morgan fingerprint density at radius 2 is 1.82 bits per heavy atom. The van der Waals surface area contributed by atoms with Gasteiger partial charge in [-0.2, -0.15) is 0 Å². The van der Waals surface area contributed by atoms with E-state index in [1.54, 1.807) is 0 Å². The predicted octanol–water partition coefficient (Wildman–Crippen LogP) is 1.65. The fraction of sp³-hybridized carbons (Fsp3) is 0.333. The van der Waals surface area contributed by atoms with Crippen LogP contribution in [0.4, 0.5) is 0 Å². The van der Waals surface area contributed by atoms with Crippen LogP contribution in [0, 0.1) is 0 Å². The number of hydrogen-bond acceptors (Lipinski definition) is 5. The van der Waals surface area contributed by atoms with Crippen LogP contribution >= 0.6 is 11.8 Å². The Hall–Kier alpha value is -2.35. The third-order valence-electron chi connectivity index (χ3n) is 4.84. The zero-order valence-electron chi connectivity index (χ0n) is 15.6. The van der Waals surface area contributed by atoms with E-state index in [4.69, 9.17) is 9.15 Å². The molecule has 6 nitrogen and oxygen atoms in total. The maximum absolute atomic E-state index is 12.3. The van der Waals surface area contributed by atoms with E-state index >= 15 is 0 Å². The molecule has 2 heterocycles. The number of para-hydroxylation sites is 2. The van der Waals surface area contributed by atoms with Crippen LogP contribution in [0.2, 0.25) is 0 Å². The molecule has 0 saturated carbocycles. The number of nitrogens with zero attached hydrogens (tertiary/aromatic N) is 1. The fourth-order valence-electron chi connectivity index (χ4n) is 3.29. The van der Waals surface area contributed by atoms with Gasteiger partial charge in [0.1, 0.15) is 25.2 Å². The Morgan fingerprint density at radius 3 is 2.64 bits per heavy atom. The van der Waals surface area contributed by atoms with Crippen LogP contribution in [-0.2, 0) is 22.6 Å². The highest BCUT2D eigenvalue weighted by Crippen LogP contribution is 2.22. The van der Waals surface area contributed by atoms with Crippen molar-refractivity contribution >= 4 is 28.8 Å². The molecule has 2 N–H and O–H groups in total. The number of morpholine rings is 1. The average Bonchev–Trinajstić information content (AvgIpc) is 3.15. The van der Waals surface area contributed by atoms with Crippen molar-refractivity contribution in [2.75, 3.05) is 32.1 Å². The monoisotopic (exact) mass is 398 g/mol. The molecule has 2 aromatic carbocycles. The Bertz CT molecular complexity index is 904. The number of oxazole rings is 1. The quantitative estimate of drug-likeness (QED) is 0.593. The van der Waals surface area contributed by atoms with Gasteiger partial charge in [0.25, 0.3) is 5.22 Å². The maximum atomic E-state index is 12.3. The summed E-state index contributed by atoms with van der Waals surface area (Å²) in [4.78, 5) is 18.2. The maximum Gasteiger partial charge on any atom is 0.257 e. The molecule has 4 rings (SSSR count). The Kier molecular flexibility index (Phi) is 6.26. The number of carbonyl (C=O) groups is 1. The summed E-state index contributed by atoms with van der Waals surface area (Å²) in [6, 6.07) is 15.9. The molecule has 0 atom stereocenters. The molecule has 1 fully saturated rings. The lowest BCUT2D eigenvalue weighted by molar-refractivity contribution is -0.921. The molecule has 28 heavy (non-hydrogen) atoms. The number of rotatable bonds is 7. The van der Waals surface area contributed by atoms with Crippen LogP contribution in [0.3, 0.4) is 0 Å². The SMILES string of the molecule is O=C(CSc1nc2ccccc2o1)NCc1ccccc1C[NH+]1CCOCC1. The van der Waals surface area contributed by atoms with Gasteiger partial charge in [-0.1, -0.05) is 48.2 Å². The molecule has 0 unspecified atom stereocenters. The number of benzene rings is 2. The van der Waals surface area contributed by atoms with Crippen molar-refractivity contribution < 1.29 is 18.8 Å². The third-order valence-corrected chi connectivity index (χ3v) is 5.66. The number of aromatic nitrogens is 1. The first-order chi connectivity index (χ1) is 13.8. The summed E-state index contributed by atoms with van der Waals surface area (Å²) in [6.45, 7) is 5.20. The number of fused-ring (bicyclic) bond motifs is 1. The largest absolute Gasteiger partial charge is 0.431 e. The Labute approximate surface area is 168 Å². The molecule has 3 aromatic rings. The van der Waals surface area contributed by atoms with Gasteiger partial charge in [0.05, 0.1) is 19.0 Å². The third kappa shape index (κ3) is 4.92. The molecular weight excluding hydrogens is 374 g/mol. The first-order valence-corrected chi connectivity index (χ1v) is 10.5. The second-order valence-corrected chi connectivity index (χ2v) is 7.75. The van der Waals surface area contributed by atoms with Gasteiger partial charge < -0.3 is 19.4 Å². The molecule has 146 valence electrons. The van der Waals surface area contributed by atoms with E-state index in [9.17, 15) is 4.79 Å². The van der Waals surface area contributed by atoms with E-state index in [1.807, 2.05) is 30.3 Å². The summed E-state index contributed by atoms with van der Waals surface area (Å²) in [6.07, 6.45) is 0. The van der Waals surface area contributed by atoms with Crippen molar-refractivity contribution in [3.63, 3.8) is 0 Å². The first kappa shape index (κ1) is 19.0. The fourth-order valence-corrected chi connectivity index (χ4v) is 3.96. The zero-order chi connectivity index (χ0) is 19.2. The van der Waals surface area contributed by atoms with Gasteiger partial charge in [-0.25, -0.2) is 4.98 Å². The van der Waals surface area contributed by atoms with Crippen LogP contribution in [0.1, 0.15) is 11.1 Å². The predicted molar refractivity (Wildman–Crippen MR) is 108 cm³/mol. The highest BCUT2D eigenvalue weighted by molar-refractivity contribution is 7.99. The van der Waals surface area contributed by atoms with Gasteiger partial charge in [0.15, 0.2) is 5.58 Å². The summed E-state index contributed by atoms with van der Waals surface area (Å²) in [5, 5.41) is 3.54. The number of carbonyl (C=O) groups excluding carboxylic acids is 1. The number of amides is 1. The van der Waals surface area contributed by atoms with Crippen LogP contribution in [-0.4, -0.2) is 42.9 Å². The lowest BCUT2D eigenvalue weighted by Crippen LogP contribution is -3.12. The molecule has 1 aliphatic heterocycles. The second kappa shape index (κ2) is 9.23. The molecule has 7 heteroatoms. The number of hydrogen-bond donors (Lipinski definition) is 2. The Balaban J connectivity index is 1.29. The summed E-state index contributed by atoms with van der Waals surface area (Å²) < 4.78 is 11.1. The smallest absolute Gasteiger partial charge is 0.257 e. The molecule has 1 aromatic heterocycles. The van der Waals surface area contributed by atoms with E-state index in [1.165, 1.54) is 27.8 Å². The minimum absolute atomic E-state index is 0.0271. The van der Waals surface area contributed by atoms with Crippen molar-refractivity contribution in [2.24, 2.45) is 0 Å². The molecule has 0 radical (unpaired) electrons. The number of nitrogens with one attached hydrogen (secondary N) is 2. The Morgan fingerprint density at radius 1 is 1.07 bits per heavy atom. The summed E-state index contributed by atoms with van der Waals surface area (Å²) in [7, 11) is 0. The van der Waals surface area contributed by atoms with Crippen LogP contribution in [0.25, 0.3) is 11.1 Å². The first-order valence-electron chi connectivity index (χ1n) is 9.51. The zero-order valence-corrected chi connectivity index (χ0v) is 16.5. The highest BCUT2D eigenvalue weighted by atomic mass is 32.2. The topological polar surface area (TPSA) is 68.8 Å². The minimum atomic E-state index is -0.0271. The molecule has 1 amide bonds. The minimum Gasteiger partial charge on any atom is -0.431 e. The van der Waals surface area contributed by atoms with E-state index < -0.39 is 0 Å². The molecule has 0 spiro atoms. The van der Waals surface area contributed by atoms with Gasteiger partial charge in [-0.3, -0.25) is 4.79 Å². The van der Waals surface area contributed by atoms with Crippen LogP contribution < -0.4 is 10.2 Å². The van der Waals surface area contributed by atoms with Crippen molar-refractivity contribution in [1.29, 1.82) is 0 Å². The molecule has 0 bridgehead atoms. The standard InChI is InChI=1S/C21H23N3O3S/c25-20(15-28-21-23-18-7-3-4-8-19(18)27-21)22-13-16-5-1-2-6-17(16)14-24-9-11-26-12-10-24/h1-8H,9-15H2,(H,22,25)/p+1. The van der Waals surface area contributed by atoms with E-state index in [2.05, 4.69) is 28.5 Å². The molecule has 1 aliphatic rings. The molecule has 0 aliphatic carbocycles. The van der Waals surface area contributed by atoms with Crippen molar-refractivity contribution in [3.8, 4) is 0 Å². The van der Waals surface area contributed by atoms with Crippen LogP contribution in [0.15, 0.2) is 58.2 Å². The second-order valence-electron chi connectivity index (χ2n) is 6.82. The van der Waals surface area contributed by atoms with Gasteiger partial charge in [0, 0.05) is 12.1 Å². The molecular formula is C21H24N3O3S+. The van der Waals surface area contributed by atoms with E-state index in [0.29, 0.717) is 11.8 Å². The summed E-state index contributed by atoms with van der Waals surface area (Å²) in [5.74, 6) is 0.254. The average molecular weight is 399 g/mol. The lowest BCUT2D eigenvalue weighted by atomic mass is 10.1. The molecule has 1 saturated heterocycles. The lowest BCUT2D eigenvalue weighted by Gasteiger charge is -2.24. The highest BCUT2D eigenvalue weighted by Gasteiger charge is 2.16. The van der Waals surface area contributed by atoms with E-state index in [0.717, 1.165) is 43.9 Å². The normalized spacial score (nSPS) is 15.0. The van der Waals surface area contributed by atoms with Crippen molar-refractivity contribution in [3.05, 3.63) is 59.7 Å². The number of ether oxygens (including phenoxy) is 1. The summed E-state index contributed by atoms with van der Waals surface area (Å²) >= 11 is 1.31. The van der Waals surface area contributed by atoms with Crippen molar-refractivity contribution in [1.82, 2.24) is 10.3 Å². The summed E-state index contributed by atoms with van der Waals surface area (Å²) in [5.41, 5.74) is 4.00. The number of quaternary nitrogens is 1. The van der Waals surface area contributed by atoms with Crippen molar-refractivity contribution in [2.45, 2.75) is 18.3 Å². The number of thioether (sulfide) groups is 1. The van der Waals surface area contributed by atoms with Gasteiger partial charge in [0.2, 0.25) is 5.91 Å². The van der Waals surface area contributed by atoms with Gasteiger partial charge in [-0.15, -0.1) is 0 Å². The van der Waals surface area contributed by atoms with E-state index in [-0.39, 0.29) is 11.7 Å². The van der Waals surface area contributed by atoms with Crippen LogP contribution in [0.5, 0.6) is 0 Å². The van der Waals surface area contributed by atoms with Gasteiger partial charge >= 0.3 is 0 Å². The van der Waals surface area contributed by atoms with Gasteiger partial charge in [-0.05, 0) is 17.7 Å².